The van der Waals surface area contributed by atoms with E-state index in [2.05, 4.69) is 24.1 Å². The number of aliphatic hydroxyl groups excluding tert-OH is 1. The Morgan fingerprint density at radius 1 is 1.33 bits per heavy atom. The molecule has 2 rings (SSSR count). The normalized spacial score (nSPS) is 12.9. The third-order valence-electron chi connectivity index (χ3n) is 3.15. The highest BCUT2D eigenvalue weighted by Crippen LogP contribution is 2.27. The van der Waals surface area contributed by atoms with Crippen LogP contribution in [0.5, 0.6) is 0 Å². The van der Waals surface area contributed by atoms with Crippen LogP contribution in [0, 0.1) is 5.92 Å². The Hall–Kier alpha value is -1.81. The third-order valence-corrected chi connectivity index (χ3v) is 3.15. The molecule has 0 saturated carbocycles. The molecule has 0 aliphatic heterocycles. The number of hydrogen-bond acceptors (Lipinski definition) is 4. The van der Waals surface area contributed by atoms with Crippen molar-refractivity contribution in [2.75, 3.05) is 17.7 Å². The number of rotatable bonds is 4. The van der Waals surface area contributed by atoms with E-state index >= 15 is 0 Å². The van der Waals surface area contributed by atoms with Crippen molar-refractivity contribution in [3.05, 3.63) is 30.5 Å². The van der Waals surface area contributed by atoms with Crippen LogP contribution in [-0.4, -0.2) is 22.7 Å². The van der Waals surface area contributed by atoms with E-state index in [4.69, 9.17) is 5.73 Å². The second-order valence-electron chi connectivity index (χ2n) is 4.78. The van der Waals surface area contributed by atoms with Crippen LogP contribution in [0.1, 0.15) is 13.8 Å². The summed E-state index contributed by atoms with van der Waals surface area (Å²) in [5.41, 5.74) is 8.40. The Morgan fingerprint density at radius 2 is 2.11 bits per heavy atom. The van der Waals surface area contributed by atoms with E-state index < -0.39 is 0 Å². The first-order valence-corrected chi connectivity index (χ1v) is 6.14. The van der Waals surface area contributed by atoms with Gasteiger partial charge >= 0.3 is 0 Å². The first kappa shape index (κ1) is 12.6. The largest absolute Gasteiger partial charge is 0.398 e. The summed E-state index contributed by atoms with van der Waals surface area (Å²) >= 11 is 0. The van der Waals surface area contributed by atoms with Crippen molar-refractivity contribution in [1.29, 1.82) is 0 Å². The van der Waals surface area contributed by atoms with Crippen LogP contribution in [0.3, 0.4) is 0 Å². The second kappa shape index (κ2) is 5.23. The van der Waals surface area contributed by atoms with Gasteiger partial charge in [0.2, 0.25) is 0 Å². The maximum absolute atomic E-state index is 9.38. The molecule has 1 aromatic heterocycles. The molecule has 0 bridgehead atoms. The molecule has 0 fully saturated rings. The summed E-state index contributed by atoms with van der Waals surface area (Å²) in [6.45, 7) is 4.23. The number of nitrogens with one attached hydrogen (secondary N) is 1. The van der Waals surface area contributed by atoms with Gasteiger partial charge in [0.15, 0.2) is 0 Å². The van der Waals surface area contributed by atoms with Crippen molar-refractivity contribution in [3.8, 4) is 0 Å². The van der Waals surface area contributed by atoms with E-state index in [0.717, 1.165) is 16.6 Å². The van der Waals surface area contributed by atoms with Crippen LogP contribution in [0.25, 0.3) is 10.9 Å². The van der Waals surface area contributed by atoms with Crippen LogP contribution >= 0.6 is 0 Å². The fourth-order valence-electron chi connectivity index (χ4n) is 1.93. The minimum absolute atomic E-state index is 0.0128. The van der Waals surface area contributed by atoms with E-state index in [-0.39, 0.29) is 12.6 Å². The minimum atomic E-state index is 0.0128. The van der Waals surface area contributed by atoms with E-state index in [0.29, 0.717) is 11.6 Å². The number of pyridine rings is 1. The molecule has 4 nitrogen and oxygen atoms in total. The van der Waals surface area contributed by atoms with Crippen LogP contribution in [-0.2, 0) is 0 Å². The quantitative estimate of drug-likeness (QED) is 0.722. The summed E-state index contributed by atoms with van der Waals surface area (Å²) in [6.07, 6.45) is 1.75. The van der Waals surface area contributed by atoms with Crippen molar-refractivity contribution in [3.63, 3.8) is 0 Å². The molecule has 18 heavy (non-hydrogen) atoms. The molecule has 0 aliphatic rings. The predicted molar refractivity (Wildman–Crippen MR) is 75.5 cm³/mol. The number of aliphatic hydroxyl groups is 1. The highest BCUT2D eigenvalue weighted by Gasteiger charge is 2.14. The lowest BCUT2D eigenvalue weighted by Gasteiger charge is -2.22. The molecule has 1 atom stereocenters. The zero-order valence-corrected chi connectivity index (χ0v) is 10.7. The van der Waals surface area contributed by atoms with Gasteiger partial charge in [-0.3, -0.25) is 4.98 Å². The van der Waals surface area contributed by atoms with Gasteiger partial charge in [-0.15, -0.1) is 0 Å². The van der Waals surface area contributed by atoms with E-state index in [1.165, 1.54) is 0 Å². The number of hydrogen-bond donors (Lipinski definition) is 3. The lowest BCUT2D eigenvalue weighted by Crippen LogP contribution is -2.29. The molecule has 1 aromatic carbocycles. The number of fused-ring (bicyclic) bond motifs is 1. The number of nitrogens with zero attached hydrogens (tertiary/aromatic N) is 1. The summed E-state index contributed by atoms with van der Waals surface area (Å²) in [7, 11) is 0. The monoisotopic (exact) mass is 245 g/mol. The molecular weight excluding hydrogens is 226 g/mol. The summed E-state index contributed by atoms with van der Waals surface area (Å²) in [5.74, 6) is 0.339. The predicted octanol–water partition coefficient (Wildman–Crippen LogP) is 2.25. The molecular formula is C14H19N3O. The number of anilines is 2. The Bertz CT molecular complexity index is 540. The van der Waals surface area contributed by atoms with Gasteiger partial charge in [0.1, 0.15) is 0 Å². The average Bonchev–Trinajstić information content (AvgIpc) is 2.38. The molecule has 96 valence electrons. The van der Waals surface area contributed by atoms with Gasteiger partial charge in [0.05, 0.1) is 23.9 Å². The van der Waals surface area contributed by atoms with Crippen molar-refractivity contribution >= 4 is 22.3 Å². The summed E-state index contributed by atoms with van der Waals surface area (Å²) in [4.78, 5) is 4.36. The molecule has 0 saturated heterocycles. The fraction of sp³-hybridized carbons (Fsp3) is 0.357. The Morgan fingerprint density at radius 3 is 2.78 bits per heavy atom. The summed E-state index contributed by atoms with van der Waals surface area (Å²) in [6, 6.07) is 7.61. The molecule has 0 amide bonds. The van der Waals surface area contributed by atoms with Gasteiger partial charge in [-0.25, -0.2) is 0 Å². The molecule has 2 aromatic rings. The maximum Gasteiger partial charge on any atom is 0.0953 e. The van der Waals surface area contributed by atoms with Crippen molar-refractivity contribution in [2.24, 2.45) is 5.92 Å². The lowest BCUT2D eigenvalue weighted by molar-refractivity contribution is 0.249. The number of nitrogens with two attached hydrogens (primary N) is 1. The Kier molecular flexibility index (Phi) is 3.67. The molecule has 4 heteroatoms. The van der Waals surface area contributed by atoms with Crippen LogP contribution in [0.4, 0.5) is 11.4 Å². The average molecular weight is 245 g/mol. The minimum Gasteiger partial charge on any atom is -0.398 e. The van der Waals surface area contributed by atoms with Gasteiger partial charge in [-0.05, 0) is 30.2 Å². The summed E-state index contributed by atoms with van der Waals surface area (Å²) < 4.78 is 0. The number of benzene rings is 1. The van der Waals surface area contributed by atoms with E-state index in [1.54, 1.807) is 6.20 Å². The molecule has 0 spiro atoms. The maximum atomic E-state index is 9.38. The highest BCUT2D eigenvalue weighted by molar-refractivity contribution is 5.98. The van der Waals surface area contributed by atoms with Gasteiger partial charge in [-0.2, -0.15) is 0 Å². The first-order chi connectivity index (χ1) is 8.63. The SMILES string of the molecule is CC(C)[C@@H](CO)Nc1ccc(N)c2cccnc12. The molecule has 0 aliphatic carbocycles. The Labute approximate surface area is 107 Å². The Balaban J connectivity index is 2.42. The molecule has 0 unspecified atom stereocenters. The van der Waals surface area contributed by atoms with Crippen LogP contribution < -0.4 is 11.1 Å². The fourth-order valence-corrected chi connectivity index (χ4v) is 1.93. The zero-order chi connectivity index (χ0) is 13.1. The molecule has 4 N–H and O–H groups in total. The van der Waals surface area contributed by atoms with Gasteiger partial charge in [0.25, 0.3) is 0 Å². The van der Waals surface area contributed by atoms with Gasteiger partial charge < -0.3 is 16.2 Å². The zero-order valence-electron chi connectivity index (χ0n) is 10.7. The van der Waals surface area contributed by atoms with E-state index in [1.807, 2.05) is 24.3 Å². The summed E-state index contributed by atoms with van der Waals surface area (Å²) in [5, 5.41) is 13.6. The number of nitrogen functional groups attached to an aromatic ring is 1. The van der Waals surface area contributed by atoms with Gasteiger partial charge in [0, 0.05) is 17.3 Å². The standard InChI is InChI=1S/C14H19N3O/c1-9(2)13(8-18)17-12-6-5-11(15)10-4-3-7-16-14(10)12/h3-7,9,13,17-18H,8,15H2,1-2H3/t13-/m1/s1. The topological polar surface area (TPSA) is 71.2 Å². The van der Waals surface area contributed by atoms with Crippen molar-refractivity contribution < 1.29 is 5.11 Å². The third kappa shape index (κ3) is 2.38. The van der Waals surface area contributed by atoms with Crippen LogP contribution in [0.15, 0.2) is 30.5 Å². The van der Waals surface area contributed by atoms with Crippen LogP contribution in [0.2, 0.25) is 0 Å². The lowest BCUT2D eigenvalue weighted by atomic mass is 10.0. The number of aromatic nitrogens is 1. The van der Waals surface area contributed by atoms with Crippen molar-refractivity contribution in [2.45, 2.75) is 19.9 Å². The van der Waals surface area contributed by atoms with Crippen molar-refractivity contribution in [1.82, 2.24) is 4.98 Å². The molecule has 0 radical (unpaired) electrons. The highest BCUT2D eigenvalue weighted by atomic mass is 16.3. The molecule has 1 heterocycles. The smallest absolute Gasteiger partial charge is 0.0953 e. The second-order valence-corrected chi connectivity index (χ2v) is 4.78. The van der Waals surface area contributed by atoms with E-state index in [9.17, 15) is 5.11 Å². The first-order valence-electron chi connectivity index (χ1n) is 6.14. The van der Waals surface area contributed by atoms with Gasteiger partial charge in [-0.1, -0.05) is 13.8 Å².